The summed E-state index contributed by atoms with van der Waals surface area (Å²) < 4.78 is 5.08. The zero-order chi connectivity index (χ0) is 15.4. The number of aliphatic carboxylic acids is 1. The molecule has 1 aliphatic heterocycles. The monoisotopic (exact) mass is 294 g/mol. The molecule has 0 aliphatic carbocycles. The lowest BCUT2D eigenvalue weighted by molar-refractivity contribution is -0.142. The van der Waals surface area contributed by atoms with E-state index in [0.717, 1.165) is 12.8 Å². The third-order valence-corrected chi connectivity index (χ3v) is 3.53. The first-order valence-electron chi connectivity index (χ1n) is 6.88. The van der Waals surface area contributed by atoms with Crippen molar-refractivity contribution in [1.29, 1.82) is 0 Å². The molecule has 21 heavy (non-hydrogen) atoms. The van der Waals surface area contributed by atoms with Gasteiger partial charge in [-0.25, -0.2) is 0 Å². The van der Waals surface area contributed by atoms with Crippen molar-refractivity contribution in [3.63, 3.8) is 0 Å². The van der Waals surface area contributed by atoms with Gasteiger partial charge in [0.05, 0.1) is 6.26 Å². The van der Waals surface area contributed by atoms with Crippen molar-refractivity contribution in [3.05, 3.63) is 24.2 Å². The average molecular weight is 294 g/mol. The summed E-state index contributed by atoms with van der Waals surface area (Å²) >= 11 is 0. The maximum Gasteiger partial charge on any atom is 0.325 e. The molecule has 114 valence electrons. The zero-order valence-electron chi connectivity index (χ0n) is 11.7. The van der Waals surface area contributed by atoms with E-state index < -0.39 is 24.0 Å². The Morgan fingerprint density at radius 2 is 2.19 bits per heavy atom. The highest BCUT2D eigenvalue weighted by Gasteiger charge is 2.34. The van der Waals surface area contributed by atoms with Crippen molar-refractivity contribution in [1.82, 2.24) is 10.2 Å². The van der Waals surface area contributed by atoms with Gasteiger partial charge in [0, 0.05) is 6.54 Å². The molecule has 2 rings (SSSR count). The van der Waals surface area contributed by atoms with Crippen LogP contribution < -0.4 is 5.32 Å². The molecule has 2 amide bonds. The number of nitrogens with one attached hydrogen (secondary N) is 1. The minimum Gasteiger partial charge on any atom is -0.480 e. The maximum atomic E-state index is 12.3. The molecule has 0 radical (unpaired) electrons. The van der Waals surface area contributed by atoms with Gasteiger partial charge in [0.2, 0.25) is 5.91 Å². The molecular formula is C14H18N2O5. The van der Waals surface area contributed by atoms with Crippen molar-refractivity contribution >= 4 is 17.8 Å². The molecule has 7 nitrogen and oxygen atoms in total. The molecule has 1 saturated heterocycles. The topological polar surface area (TPSA) is 99.9 Å². The largest absolute Gasteiger partial charge is 0.480 e. The van der Waals surface area contributed by atoms with E-state index in [2.05, 4.69) is 5.32 Å². The molecule has 2 N–H and O–H groups in total. The zero-order valence-corrected chi connectivity index (χ0v) is 11.7. The number of carbonyl (C=O) groups excluding carboxylic acids is 2. The third-order valence-electron chi connectivity index (χ3n) is 3.53. The van der Waals surface area contributed by atoms with E-state index in [1.165, 1.54) is 18.1 Å². The molecule has 7 heteroatoms. The van der Waals surface area contributed by atoms with Crippen molar-refractivity contribution in [3.8, 4) is 0 Å². The number of hydrogen-bond acceptors (Lipinski definition) is 4. The Hall–Kier alpha value is -2.31. The molecule has 1 aliphatic rings. The number of rotatable bonds is 4. The Bertz CT molecular complexity index is 525. The summed E-state index contributed by atoms with van der Waals surface area (Å²) in [6.45, 7) is 1.85. The highest BCUT2D eigenvalue weighted by atomic mass is 16.4. The van der Waals surface area contributed by atoms with Gasteiger partial charge in [-0.3, -0.25) is 14.4 Å². The van der Waals surface area contributed by atoms with Gasteiger partial charge in [-0.1, -0.05) is 0 Å². The Morgan fingerprint density at radius 3 is 2.81 bits per heavy atom. The van der Waals surface area contributed by atoms with E-state index in [1.54, 1.807) is 12.1 Å². The molecule has 0 spiro atoms. The van der Waals surface area contributed by atoms with Crippen LogP contribution in [-0.4, -0.2) is 46.4 Å². The number of carbonyl (C=O) groups is 3. The summed E-state index contributed by atoms with van der Waals surface area (Å²) in [7, 11) is 0. The van der Waals surface area contributed by atoms with E-state index in [4.69, 9.17) is 9.52 Å². The summed E-state index contributed by atoms with van der Waals surface area (Å²) in [5.74, 6) is -1.71. The molecule has 2 heterocycles. The summed E-state index contributed by atoms with van der Waals surface area (Å²) in [6, 6.07) is 1.52. The number of carboxylic acid groups (broad SMARTS) is 1. The van der Waals surface area contributed by atoms with Gasteiger partial charge < -0.3 is 19.7 Å². The van der Waals surface area contributed by atoms with Crippen LogP contribution in [0.1, 0.15) is 36.7 Å². The van der Waals surface area contributed by atoms with Gasteiger partial charge in [0.25, 0.3) is 5.91 Å². The van der Waals surface area contributed by atoms with Crippen LogP contribution in [-0.2, 0) is 9.59 Å². The Labute approximate surface area is 121 Å². The molecule has 0 saturated carbocycles. The number of furan rings is 1. The Kier molecular flexibility index (Phi) is 4.62. The summed E-state index contributed by atoms with van der Waals surface area (Å²) in [5.41, 5.74) is 0. The minimum atomic E-state index is -1.11. The van der Waals surface area contributed by atoms with Gasteiger partial charge in [0.1, 0.15) is 12.1 Å². The van der Waals surface area contributed by atoms with Crippen LogP contribution >= 0.6 is 0 Å². The lowest BCUT2D eigenvalue weighted by Gasteiger charge is -2.34. The number of likely N-dealkylation sites (tertiary alicyclic amines) is 1. The summed E-state index contributed by atoms with van der Waals surface area (Å²) in [6.07, 6.45) is 3.55. The Morgan fingerprint density at radius 1 is 1.43 bits per heavy atom. The van der Waals surface area contributed by atoms with Crippen LogP contribution in [0.15, 0.2) is 22.8 Å². The smallest absolute Gasteiger partial charge is 0.325 e. The van der Waals surface area contributed by atoms with Crippen LogP contribution in [0, 0.1) is 0 Å². The van der Waals surface area contributed by atoms with E-state index in [0.29, 0.717) is 13.0 Å². The average Bonchev–Trinajstić information content (AvgIpc) is 3.00. The van der Waals surface area contributed by atoms with Crippen LogP contribution in [0.25, 0.3) is 0 Å². The summed E-state index contributed by atoms with van der Waals surface area (Å²) in [5, 5.41) is 11.3. The SMILES string of the molecule is C[C@H](NC(=O)C1CCCCN1C(=O)c1ccco1)C(=O)O. The van der Waals surface area contributed by atoms with E-state index in [-0.39, 0.29) is 11.7 Å². The van der Waals surface area contributed by atoms with E-state index in [1.807, 2.05) is 0 Å². The second-order valence-electron chi connectivity index (χ2n) is 5.06. The standard InChI is InChI=1S/C14H18N2O5/c1-9(14(19)20)15-12(17)10-5-2-3-7-16(10)13(18)11-6-4-8-21-11/h4,6,8-10H,2-3,5,7H2,1H3,(H,15,17)(H,19,20)/t9-,10?/m0/s1. The van der Waals surface area contributed by atoms with E-state index >= 15 is 0 Å². The molecule has 1 aromatic heterocycles. The molecule has 1 unspecified atom stereocenters. The fraction of sp³-hybridized carbons (Fsp3) is 0.500. The minimum absolute atomic E-state index is 0.181. The van der Waals surface area contributed by atoms with Crippen molar-refractivity contribution < 1.29 is 23.9 Å². The number of nitrogens with zero attached hydrogens (tertiary/aromatic N) is 1. The van der Waals surface area contributed by atoms with Gasteiger partial charge in [-0.05, 0) is 38.3 Å². The van der Waals surface area contributed by atoms with Crippen LogP contribution in [0.2, 0.25) is 0 Å². The normalized spacial score (nSPS) is 19.9. The van der Waals surface area contributed by atoms with E-state index in [9.17, 15) is 14.4 Å². The van der Waals surface area contributed by atoms with Crippen LogP contribution in [0.3, 0.4) is 0 Å². The number of carboxylic acids is 1. The number of hydrogen-bond donors (Lipinski definition) is 2. The highest BCUT2D eigenvalue weighted by Crippen LogP contribution is 2.20. The number of piperidine rings is 1. The highest BCUT2D eigenvalue weighted by molar-refractivity contribution is 5.96. The van der Waals surface area contributed by atoms with Gasteiger partial charge in [0.15, 0.2) is 5.76 Å². The number of amides is 2. The second-order valence-corrected chi connectivity index (χ2v) is 5.06. The quantitative estimate of drug-likeness (QED) is 0.858. The molecule has 2 atom stereocenters. The molecule has 1 aromatic rings. The predicted molar refractivity (Wildman–Crippen MR) is 72.6 cm³/mol. The predicted octanol–water partition coefficient (Wildman–Crippen LogP) is 0.864. The maximum absolute atomic E-state index is 12.3. The molecular weight excluding hydrogens is 276 g/mol. The van der Waals surface area contributed by atoms with Crippen molar-refractivity contribution in [2.24, 2.45) is 0 Å². The second kappa shape index (κ2) is 6.43. The first-order chi connectivity index (χ1) is 10.0. The molecule has 0 bridgehead atoms. The summed E-state index contributed by atoms with van der Waals surface area (Å²) in [4.78, 5) is 36.8. The lowest BCUT2D eigenvalue weighted by atomic mass is 10.0. The Balaban J connectivity index is 2.10. The fourth-order valence-electron chi connectivity index (χ4n) is 2.36. The van der Waals surface area contributed by atoms with Crippen LogP contribution in [0.4, 0.5) is 0 Å². The van der Waals surface area contributed by atoms with Crippen molar-refractivity contribution in [2.45, 2.75) is 38.3 Å². The third kappa shape index (κ3) is 3.42. The lowest BCUT2D eigenvalue weighted by Crippen LogP contribution is -2.54. The van der Waals surface area contributed by atoms with Gasteiger partial charge >= 0.3 is 5.97 Å². The van der Waals surface area contributed by atoms with Gasteiger partial charge in [-0.15, -0.1) is 0 Å². The van der Waals surface area contributed by atoms with Gasteiger partial charge in [-0.2, -0.15) is 0 Å². The fourth-order valence-corrected chi connectivity index (χ4v) is 2.36. The first-order valence-corrected chi connectivity index (χ1v) is 6.88. The van der Waals surface area contributed by atoms with Crippen LogP contribution in [0.5, 0.6) is 0 Å². The molecule has 1 fully saturated rings. The molecule has 0 aromatic carbocycles. The van der Waals surface area contributed by atoms with Crippen molar-refractivity contribution in [2.75, 3.05) is 6.54 Å². The first kappa shape index (κ1) is 15.1.